The highest BCUT2D eigenvalue weighted by Crippen LogP contribution is 2.35. The number of halogens is 2. The first kappa shape index (κ1) is 19.2. The predicted octanol–water partition coefficient (Wildman–Crippen LogP) is 3.69. The van der Waals surface area contributed by atoms with E-state index >= 15 is 0 Å². The highest BCUT2D eigenvalue weighted by Gasteiger charge is 2.17. The summed E-state index contributed by atoms with van der Waals surface area (Å²) in [5.74, 6) is -0.140. The molecular weight excluding hydrogens is 363 g/mol. The summed E-state index contributed by atoms with van der Waals surface area (Å²) in [6, 6.07) is 4.79. The van der Waals surface area contributed by atoms with E-state index in [4.69, 9.17) is 17.3 Å². The molecule has 2 rings (SSSR count). The molecular formula is C13H16Cl2N4OS2. The van der Waals surface area contributed by atoms with Gasteiger partial charge in [-0.25, -0.2) is 0 Å². The number of rotatable bonds is 5. The summed E-state index contributed by atoms with van der Waals surface area (Å²) in [7, 11) is 0. The third-order valence-corrected chi connectivity index (χ3v) is 5.04. The lowest BCUT2D eigenvalue weighted by molar-refractivity contribution is -0.118. The van der Waals surface area contributed by atoms with Crippen molar-refractivity contribution in [3.05, 3.63) is 28.7 Å². The van der Waals surface area contributed by atoms with Gasteiger partial charge in [-0.05, 0) is 24.1 Å². The van der Waals surface area contributed by atoms with Crippen molar-refractivity contribution in [2.45, 2.75) is 29.1 Å². The van der Waals surface area contributed by atoms with Gasteiger partial charge in [0.15, 0.2) is 4.34 Å². The zero-order valence-corrected chi connectivity index (χ0v) is 15.2. The van der Waals surface area contributed by atoms with Crippen molar-refractivity contribution in [3.8, 4) is 0 Å². The van der Waals surface area contributed by atoms with Gasteiger partial charge in [0.2, 0.25) is 5.91 Å². The molecule has 0 radical (unpaired) electrons. The van der Waals surface area contributed by atoms with E-state index in [1.807, 2.05) is 19.9 Å². The maximum absolute atomic E-state index is 11.9. The van der Waals surface area contributed by atoms with Crippen LogP contribution in [0, 0.1) is 5.92 Å². The number of nitrogens with zero attached hydrogens (tertiary/aromatic N) is 2. The first-order valence-corrected chi connectivity index (χ1v) is 8.35. The fourth-order valence-electron chi connectivity index (χ4n) is 1.49. The number of nitrogens with two attached hydrogens (primary N) is 1. The maximum atomic E-state index is 11.9. The lowest BCUT2D eigenvalue weighted by Gasteiger charge is -2.15. The second kappa shape index (κ2) is 8.69. The molecule has 22 heavy (non-hydrogen) atoms. The Morgan fingerprint density at radius 3 is 2.73 bits per heavy atom. The van der Waals surface area contributed by atoms with Crippen LogP contribution in [0.2, 0.25) is 5.02 Å². The largest absolute Gasteiger partial charge is 0.325 e. The number of anilines is 1. The van der Waals surface area contributed by atoms with Crippen LogP contribution >= 0.6 is 47.1 Å². The Balaban J connectivity index is 0.00000242. The van der Waals surface area contributed by atoms with E-state index in [0.717, 1.165) is 9.24 Å². The van der Waals surface area contributed by atoms with Crippen LogP contribution in [0.5, 0.6) is 0 Å². The second-order valence-electron chi connectivity index (χ2n) is 4.71. The van der Waals surface area contributed by atoms with Crippen LogP contribution in [0.1, 0.15) is 13.8 Å². The molecule has 0 fully saturated rings. The number of carbonyl (C=O) groups excluding carboxylic acids is 1. The van der Waals surface area contributed by atoms with Gasteiger partial charge in [0.05, 0.1) is 11.1 Å². The van der Waals surface area contributed by atoms with Gasteiger partial charge in [-0.1, -0.05) is 48.5 Å². The zero-order chi connectivity index (χ0) is 15.4. The van der Waals surface area contributed by atoms with Gasteiger partial charge in [0.1, 0.15) is 5.51 Å². The fourth-order valence-corrected chi connectivity index (χ4v) is 3.23. The fraction of sp³-hybridized carbons (Fsp3) is 0.308. The number of nitrogens with one attached hydrogen (secondary N) is 1. The molecule has 2 aromatic rings. The molecule has 1 heterocycles. The molecule has 5 nitrogen and oxygen atoms in total. The van der Waals surface area contributed by atoms with Gasteiger partial charge in [0, 0.05) is 10.6 Å². The summed E-state index contributed by atoms with van der Waals surface area (Å²) >= 11 is 9.10. The quantitative estimate of drug-likeness (QED) is 0.828. The molecule has 0 unspecified atom stereocenters. The average molecular weight is 379 g/mol. The van der Waals surface area contributed by atoms with E-state index in [0.29, 0.717) is 10.7 Å². The van der Waals surface area contributed by atoms with E-state index in [1.54, 1.807) is 17.6 Å². The van der Waals surface area contributed by atoms with Crippen LogP contribution in [0.3, 0.4) is 0 Å². The Morgan fingerprint density at radius 1 is 1.45 bits per heavy atom. The minimum absolute atomic E-state index is 0. The Hall–Kier alpha value is -0.860. The minimum atomic E-state index is -0.542. The number of hydrogen-bond donors (Lipinski definition) is 2. The molecule has 0 spiro atoms. The smallest absolute Gasteiger partial charge is 0.241 e. The van der Waals surface area contributed by atoms with E-state index in [-0.39, 0.29) is 24.2 Å². The highest BCUT2D eigenvalue weighted by atomic mass is 35.5. The molecule has 0 aliphatic carbocycles. The van der Waals surface area contributed by atoms with Gasteiger partial charge in [-0.15, -0.1) is 22.6 Å². The van der Waals surface area contributed by atoms with Gasteiger partial charge in [-0.3, -0.25) is 4.79 Å². The monoisotopic (exact) mass is 378 g/mol. The molecule has 9 heteroatoms. The molecule has 0 bridgehead atoms. The summed E-state index contributed by atoms with van der Waals surface area (Å²) in [5.41, 5.74) is 8.10. The van der Waals surface area contributed by atoms with Gasteiger partial charge in [0.25, 0.3) is 0 Å². The lowest BCUT2D eigenvalue weighted by atomic mass is 10.1. The van der Waals surface area contributed by atoms with Crippen molar-refractivity contribution < 1.29 is 4.79 Å². The lowest BCUT2D eigenvalue weighted by Crippen LogP contribution is -2.39. The predicted molar refractivity (Wildman–Crippen MR) is 94.2 cm³/mol. The molecule has 1 atom stereocenters. The summed E-state index contributed by atoms with van der Waals surface area (Å²) in [6.45, 7) is 3.80. The Kier molecular flexibility index (Phi) is 7.58. The van der Waals surface area contributed by atoms with Gasteiger partial charge >= 0.3 is 0 Å². The Morgan fingerprint density at radius 2 is 2.18 bits per heavy atom. The summed E-state index contributed by atoms with van der Waals surface area (Å²) in [6.07, 6.45) is 0. The van der Waals surface area contributed by atoms with E-state index in [2.05, 4.69) is 15.5 Å². The number of carbonyl (C=O) groups is 1. The highest BCUT2D eigenvalue weighted by molar-refractivity contribution is 8.01. The topological polar surface area (TPSA) is 80.9 Å². The molecule has 1 aromatic carbocycles. The van der Waals surface area contributed by atoms with Crippen molar-refractivity contribution >= 4 is 58.7 Å². The van der Waals surface area contributed by atoms with Crippen LogP contribution in [0.25, 0.3) is 0 Å². The molecule has 0 aliphatic heterocycles. The van der Waals surface area contributed by atoms with Crippen LogP contribution < -0.4 is 11.1 Å². The van der Waals surface area contributed by atoms with Gasteiger partial charge < -0.3 is 11.1 Å². The molecule has 120 valence electrons. The first-order chi connectivity index (χ1) is 9.97. The van der Waals surface area contributed by atoms with Crippen LogP contribution in [-0.2, 0) is 4.79 Å². The molecule has 0 saturated heterocycles. The van der Waals surface area contributed by atoms with Crippen molar-refractivity contribution in [3.63, 3.8) is 0 Å². The zero-order valence-electron chi connectivity index (χ0n) is 11.9. The molecule has 3 N–H and O–H groups in total. The first-order valence-electron chi connectivity index (χ1n) is 6.27. The number of aromatic nitrogens is 2. The van der Waals surface area contributed by atoms with E-state index in [9.17, 15) is 4.79 Å². The van der Waals surface area contributed by atoms with Crippen LogP contribution in [0.15, 0.2) is 32.9 Å². The third-order valence-electron chi connectivity index (χ3n) is 2.76. The van der Waals surface area contributed by atoms with E-state index < -0.39 is 6.04 Å². The Labute approximate surface area is 148 Å². The van der Waals surface area contributed by atoms with Crippen molar-refractivity contribution in [1.82, 2.24) is 10.2 Å². The maximum Gasteiger partial charge on any atom is 0.241 e. The molecule has 1 amide bonds. The standard InChI is InChI=1S/C13H15ClN4OS2.ClH/c1-7(2)11(15)12(19)17-8-3-4-10(9(14)5-8)21-13-18-16-6-20-13;/h3-7,11H,15H2,1-2H3,(H,17,19);1H/t11-;/m0./s1. The molecule has 0 saturated carbocycles. The molecule has 0 aliphatic rings. The minimum Gasteiger partial charge on any atom is -0.325 e. The van der Waals surface area contributed by atoms with Crippen molar-refractivity contribution in [2.24, 2.45) is 11.7 Å². The Bertz CT molecular complexity index is 623. The van der Waals surface area contributed by atoms with Crippen LogP contribution in [0.4, 0.5) is 5.69 Å². The summed E-state index contributed by atoms with van der Waals surface area (Å²) in [5, 5.41) is 11.0. The normalized spacial score (nSPS) is 11.9. The molecule has 1 aromatic heterocycles. The number of amides is 1. The summed E-state index contributed by atoms with van der Waals surface area (Å²) < 4.78 is 0.815. The SMILES string of the molecule is CC(C)[C@H](N)C(=O)Nc1ccc(Sc2nncs2)c(Cl)c1.Cl. The van der Waals surface area contributed by atoms with Crippen LogP contribution in [-0.4, -0.2) is 22.1 Å². The second-order valence-corrected chi connectivity index (χ2v) is 7.24. The third kappa shape index (κ3) is 5.10. The average Bonchev–Trinajstić information content (AvgIpc) is 2.93. The van der Waals surface area contributed by atoms with E-state index in [1.165, 1.54) is 23.1 Å². The summed E-state index contributed by atoms with van der Waals surface area (Å²) in [4.78, 5) is 12.8. The van der Waals surface area contributed by atoms with Gasteiger partial charge in [-0.2, -0.15) is 0 Å². The number of benzene rings is 1. The van der Waals surface area contributed by atoms with Crippen molar-refractivity contribution in [2.75, 3.05) is 5.32 Å². The number of hydrogen-bond acceptors (Lipinski definition) is 6. The van der Waals surface area contributed by atoms with Crippen molar-refractivity contribution in [1.29, 1.82) is 0 Å².